The van der Waals surface area contributed by atoms with Crippen LogP contribution < -0.4 is 10.6 Å². The monoisotopic (exact) mass is 505 g/mol. The molecule has 0 saturated carbocycles. The predicted octanol–water partition coefficient (Wildman–Crippen LogP) is 4.01. The van der Waals surface area contributed by atoms with Crippen molar-refractivity contribution < 1.29 is 18.0 Å². The van der Waals surface area contributed by atoms with Crippen molar-refractivity contribution in [1.29, 1.82) is 0 Å². The Morgan fingerprint density at radius 2 is 1.64 bits per heavy atom. The van der Waals surface area contributed by atoms with E-state index >= 15 is 0 Å². The van der Waals surface area contributed by atoms with Crippen LogP contribution in [-0.2, 0) is 21.2 Å². The van der Waals surface area contributed by atoms with Gasteiger partial charge in [-0.3, -0.25) is 9.59 Å². The lowest BCUT2D eigenvalue weighted by atomic mass is 9.98. The van der Waals surface area contributed by atoms with Gasteiger partial charge in [0.05, 0.1) is 22.1 Å². The number of nitrogens with zero attached hydrogens (tertiary/aromatic N) is 1. The Bertz CT molecular complexity index is 1310. The third kappa shape index (κ3) is 6.19. The normalized spacial score (nSPS) is 16.3. The number of benzene rings is 3. The van der Waals surface area contributed by atoms with Crippen LogP contribution in [0.1, 0.15) is 34.3 Å². The average Bonchev–Trinajstić information content (AvgIpc) is 2.90. The molecule has 3 aromatic rings. The van der Waals surface area contributed by atoms with Crippen LogP contribution in [-0.4, -0.2) is 44.2 Å². The van der Waals surface area contributed by atoms with Gasteiger partial charge in [0, 0.05) is 19.6 Å². The molecule has 8 heteroatoms. The number of amides is 2. The molecule has 2 amide bonds. The second-order valence-electron chi connectivity index (χ2n) is 9.04. The third-order valence-electron chi connectivity index (χ3n) is 6.39. The van der Waals surface area contributed by atoms with Gasteiger partial charge in [-0.2, -0.15) is 4.31 Å². The standard InChI is InChI=1S/C28H31N3O4S/c1-21-13-15-24(16-14-21)36(34,35)31-19-7-10-23(20-31)27(32)30-26-12-6-5-11-25(26)28(33)29-18-17-22-8-3-2-4-9-22/h2-6,8-9,11-16,23H,7,10,17-20H2,1H3,(H,29,33)(H,30,32)/t23-/m1/s1. The van der Waals surface area contributed by atoms with Crippen molar-refractivity contribution in [2.24, 2.45) is 5.92 Å². The van der Waals surface area contributed by atoms with Gasteiger partial charge in [0.25, 0.3) is 5.91 Å². The highest BCUT2D eigenvalue weighted by Crippen LogP contribution is 2.26. The number of nitrogens with one attached hydrogen (secondary N) is 2. The van der Waals surface area contributed by atoms with E-state index in [2.05, 4.69) is 10.6 Å². The molecule has 188 valence electrons. The number of piperidine rings is 1. The molecule has 1 fully saturated rings. The van der Waals surface area contributed by atoms with Crippen molar-refractivity contribution in [2.45, 2.75) is 31.1 Å². The van der Waals surface area contributed by atoms with E-state index in [1.165, 1.54) is 4.31 Å². The van der Waals surface area contributed by atoms with Crippen molar-refractivity contribution in [3.05, 3.63) is 95.6 Å². The highest BCUT2D eigenvalue weighted by atomic mass is 32.2. The topological polar surface area (TPSA) is 95.6 Å². The number of hydrogen-bond donors (Lipinski definition) is 2. The van der Waals surface area contributed by atoms with Crippen LogP contribution >= 0.6 is 0 Å². The Morgan fingerprint density at radius 3 is 2.39 bits per heavy atom. The molecule has 0 spiro atoms. The summed E-state index contributed by atoms with van der Waals surface area (Å²) in [5.74, 6) is -1.06. The Kier molecular flexibility index (Phi) is 8.18. The number of rotatable bonds is 8. The number of aryl methyl sites for hydroxylation is 1. The first-order valence-electron chi connectivity index (χ1n) is 12.1. The second-order valence-corrected chi connectivity index (χ2v) is 11.0. The molecule has 2 N–H and O–H groups in total. The first-order valence-corrected chi connectivity index (χ1v) is 13.6. The number of para-hydroxylation sites is 1. The van der Waals surface area contributed by atoms with E-state index in [0.29, 0.717) is 43.6 Å². The zero-order chi connectivity index (χ0) is 25.5. The maximum atomic E-state index is 13.1. The van der Waals surface area contributed by atoms with E-state index in [-0.39, 0.29) is 23.3 Å². The van der Waals surface area contributed by atoms with Crippen LogP contribution in [0.4, 0.5) is 5.69 Å². The van der Waals surface area contributed by atoms with Crippen molar-refractivity contribution in [2.75, 3.05) is 25.0 Å². The summed E-state index contributed by atoms with van der Waals surface area (Å²) in [6, 6.07) is 23.5. The van der Waals surface area contributed by atoms with Crippen LogP contribution in [0.5, 0.6) is 0 Å². The van der Waals surface area contributed by atoms with Gasteiger partial charge in [0.2, 0.25) is 15.9 Å². The highest BCUT2D eigenvalue weighted by Gasteiger charge is 2.33. The van der Waals surface area contributed by atoms with Crippen LogP contribution in [0.15, 0.2) is 83.8 Å². The predicted molar refractivity (Wildman–Crippen MR) is 140 cm³/mol. The van der Waals surface area contributed by atoms with Crippen LogP contribution in [0.2, 0.25) is 0 Å². The molecule has 1 atom stereocenters. The van der Waals surface area contributed by atoms with Gasteiger partial charge in [-0.1, -0.05) is 60.2 Å². The van der Waals surface area contributed by atoms with Gasteiger partial charge in [-0.25, -0.2) is 8.42 Å². The Morgan fingerprint density at radius 1 is 0.944 bits per heavy atom. The first-order chi connectivity index (χ1) is 17.3. The smallest absolute Gasteiger partial charge is 0.253 e. The number of carbonyl (C=O) groups is 2. The SMILES string of the molecule is Cc1ccc(S(=O)(=O)N2CCC[C@@H](C(=O)Nc3ccccc3C(=O)NCCc3ccccc3)C2)cc1. The average molecular weight is 506 g/mol. The van der Waals surface area contributed by atoms with Crippen molar-refractivity contribution in [3.63, 3.8) is 0 Å². The largest absolute Gasteiger partial charge is 0.352 e. The first kappa shape index (κ1) is 25.6. The molecule has 7 nitrogen and oxygen atoms in total. The van der Waals surface area contributed by atoms with Crippen LogP contribution in [0.3, 0.4) is 0 Å². The van der Waals surface area contributed by atoms with Gasteiger partial charge in [0.1, 0.15) is 0 Å². The molecule has 0 radical (unpaired) electrons. The molecule has 0 bridgehead atoms. The molecule has 3 aromatic carbocycles. The van der Waals surface area contributed by atoms with E-state index in [1.54, 1.807) is 48.5 Å². The fourth-order valence-electron chi connectivity index (χ4n) is 4.32. The summed E-state index contributed by atoms with van der Waals surface area (Å²) < 4.78 is 27.6. The third-order valence-corrected chi connectivity index (χ3v) is 8.26. The second kappa shape index (κ2) is 11.5. The summed E-state index contributed by atoms with van der Waals surface area (Å²) in [7, 11) is -3.68. The number of anilines is 1. The van der Waals surface area contributed by atoms with Crippen molar-refractivity contribution in [3.8, 4) is 0 Å². The minimum absolute atomic E-state index is 0.105. The minimum Gasteiger partial charge on any atom is -0.352 e. The molecule has 0 aromatic heterocycles. The highest BCUT2D eigenvalue weighted by molar-refractivity contribution is 7.89. The molecule has 36 heavy (non-hydrogen) atoms. The van der Waals surface area contributed by atoms with Crippen LogP contribution in [0.25, 0.3) is 0 Å². The molecule has 1 aliphatic heterocycles. The van der Waals surface area contributed by atoms with Crippen LogP contribution in [0, 0.1) is 12.8 Å². The molecule has 4 rings (SSSR count). The molecule has 1 saturated heterocycles. The van der Waals surface area contributed by atoms with Gasteiger partial charge >= 0.3 is 0 Å². The lowest BCUT2D eigenvalue weighted by Crippen LogP contribution is -2.43. The fraction of sp³-hybridized carbons (Fsp3) is 0.286. The molecular weight excluding hydrogens is 474 g/mol. The molecular formula is C28H31N3O4S. The van der Waals surface area contributed by atoms with Crippen molar-refractivity contribution in [1.82, 2.24) is 9.62 Å². The number of sulfonamides is 1. The lowest BCUT2D eigenvalue weighted by molar-refractivity contribution is -0.120. The Balaban J connectivity index is 1.39. The minimum atomic E-state index is -3.68. The molecule has 0 aliphatic carbocycles. The zero-order valence-electron chi connectivity index (χ0n) is 20.3. The van der Waals surface area contributed by atoms with Crippen molar-refractivity contribution >= 4 is 27.5 Å². The zero-order valence-corrected chi connectivity index (χ0v) is 21.1. The summed E-state index contributed by atoms with van der Waals surface area (Å²) in [6.07, 6.45) is 1.87. The van der Waals surface area contributed by atoms with Gasteiger partial charge < -0.3 is 10.6 Å². The summed E-state index contributed by atoms with van der Waals surface area (Å²) in [6.45, 7) is 2.85. The van der Waals surface area contributed by atoms with Gasteiger partial charge in [-0.05, 0) is 56.0 Å². The molecule has 1 aliphatic rings. The fourth-order valence-corrected chi connectivity index (χ4v) is 5.84. The number of hydrogen-bond acceptors (Lipinski definition) is 4. The van der Waals surface area contributed by atoms with E-state index in [4.69, 9.17) is 0 Å². The maximum Gasteiger partial charge on any atom is 0.253 e. The Labute approximate surface area is 212 Å². The summed E-state index contributed by atoms with van der Waals surface area (Å²) in [5.41, 5.74) is 2.89. The van der Waals surface area contributed by atoms with E-state index in [0.717, 1.165) is 11.1 Å². The van der Waals surface area contributed by atoms with E-state index in [1.807, 2.05) is 37.3 Å². The quantitative estimate of drug-likeness (QED) is 0.484. The maximum absolute atomic E-state index is 13.1. The van der Waals surface area contributed by atoms with E-state index < -0.39 is 15.9 Å². The summed E-state index contributed by atoms with van der Waals surface area (Å²) in [5, 5.41) is 5.78. The number of carbonyl (C=O) groups excluding carboxylic acids is 2. The summed E-state index contributed by atoms with van der Waals surface area (Å²) >= 11 is 0. The Hall–Kier alpha value is -3.49. The molecule has 1 heterocycles. The van der Waals surface area contributed by atoms with Gasteiger partial charge in [0.15, 0.2) is 0 Å². The van der Waals surface area contributed by atoms with Gasteiger partial charge in [-0.15, -0.1) is 0 Å². The van der Waals surface area contributed by atoms with E-state index in [9.17, 15) is 18.0 Å². The summed E-state index contributed by atoms with van der Waals surface area (Å²) in [4.78, 5) is 26.2. The lowest BCUT2D eigenvalue weighted by Gasteiger charge is -2.31. The molecule has 0 unspecified atom stereocenters.